The van der Waals surface area contributed by atoms with Gasteiger partial charge in [-0.25, -0.2) is 8.42 Å². The number of thiocarbonyl (C=S) groups is 1. The average molecular weight is 447 g/mol. The third-order valence-electron chi connectivity index (χ3n) is 5.16. The van der Waals surface area contributed by atoms with Gasteiger partial charge in [0, 0.05) is 43.2 Å². The van der Waals surface area contributed by atoms with Crippen LogP contribution in [0.1, 0.15) is 18.9 Å². The lowest BCUT2D eigenvalue weighted by Gasteiger charge is -2.36. The molecule has 1 N–H and O–H groups in total. The van der Waals surface area contributed by atoms with Crippen molar-refractivity contribution in [3.8, 4) is 0 Å². The van der Waals surface area contributed by atoms with E-state index in [2.05, 4.69) is 0 Å². The number of halogens is 3. The Morgan fingerprint density at radius 3 is 2.17 bits per heavy atom. The minimum absolute atomic E-state index is 0.155. The van der Waals surface area contributed by atoms with Crippen LogP contribution in [0.3, 0.4) is 0 Å². The Morgan fingerprint density at radius 2 is 1.66 bits per heavy atom. The lowest BCUT2D eigenvalue weighted by molar-refractivity contribution is -0.258. The number of piperazine rings is 1. The van der Waals surface area contributed by atoms with Crippen LogP contribution in [-0.2, 0) is 15.6 Å². The first-order valence-corrected chi connectivity index (χ1v) is 10.8. The molecule has 1 fully saturated rings. The molecule has 29 heavy (non-hydrogen) atoms. The highest BCUT2D eigenvalue weighted by Crippen LogP contribution is 2.39. The summed E-state index contributed by atoms with van der Waals surface area (Å²) in [5.74, 6) is 0. The van der Waals surface area contributed by atoms with E-state index >= 15 is 0 Å². The van der Waals surface area contributed by atoms with Gasteiger partial charge in [-0.15, -0.1) is 0 Å². The van der Waals surface area contributed by atoms with Crippen LogP contribution >= 0.6 is 12.2 Å². The molecule has 2 aliphatic rings. The van der Waals surface area contributed by atoms with Crippen molar-refractivity contribution in [1.82, 2.24) is 4.31 Å². The van der Waals surface area contributed by atoms with Crippen molar-refractivity contribution in [1.29, 1.82) is 0 Å². The molecule has 0 bridgehead atoms. The number of rotatable bonds is 4. The van der Waals surface area contributed by atoms with Gasteiger partial charge in [-0.05, 0) is 30.7 Å². The predicted octanol–water partition coefficient (Wildman–Crippen LogP) is 3.12. The summed E-state index contributed by atoms with van der Waals surface area (Å²) in [7, 11) is -3.67. The first-order valence-electron chi connectivity index (χ1n) is 8.99. The fourth-order valence-electron chi connectivity index (χ4n) is 3.24. The van der Waals surface area contributed by atoms with E-state index in [0.717, 1.165) is 0 Å². The summed E-state index contributed by atoms with van der Waals surface area (Å²) in [6, 6.07) is 5.49. The van der Waals surface area contributed by atoms with Gasteiger partial charge < -0.3 is 10.0 Å². The first-order chi connectivity index (χ1) is 13.4. The van der Waals surface area contributed by atoms with Crippen LogP contribution in [0.4, 0.5) is 18.9 Å². The van der Waals surface area contributed by atoms with Crippen molar-refractivity contribution in [3.05, 3.63) is 53.0 Å². The van der Waals surface area contributed by atoms with E-state index in [1.54, 1.807) is 12.2 Å². The third kappa shape index (κ3) is 4.25. The lowest BCUT2D eigenvalue weighted by atomic mass is 9.95. The van der Waals surface area contributed by atoms with Gasteiger partial charge in [-0.2, -0.15) is 17.5 Å². The second kappa shape index (κ2) is 7.82. The van der Waals surface area contributed by atoms with Gasteiger partial charge in [-0.1, -0.05) is 36.5 Å². The molecule has 1 aromatic rings. The van der Waals surface area contributed by atoms with Gasteiger partial charge in [0.25, 0.3) is 0 Å². The van der Waals surface area contributed by atoms with Crippen molar-refractivity contribution in [2.24, 2.45) is 0 Å². The van der Waals surface area contributed by atoms with Crippen LogP contribution in [0.5, 0.6) is 0 Å². The lowest BCUT2D eigenvalue weighted by Crippen LogP contribution is -2.49. The van der Waals surface area contributed by atoms with Crippen LogP contribution in [0.2, 0.25) is 0 Å². The van der Waals surface area contributed by atoms with Crippen molar-refractivity contribution >= 4 is 32.8 Å². The zero-order chi connectivity index (χ0) is 21.4. The number of anilines is 1. The highest BCUT2D eigenvalue weighted by atomic mass is 32.2. The molecule has 158 valence electrons. The van der Waals surface area contributed by atoms with E-state index in [1.165, 1.54) is 34.6 Å². The van der Waals surface area contributed by atoms with Gasteiger partial charge in [0.05, 0.1) is 4.91 Å². The second-order valence-corrected chi connectivity index (χ2v) is 9.49. The molecule has 0 saturated carbocycles. The quantitative estimate of drug-likeness (QED) is 0.721. The molecule has 5 nitrogen and oxygen atoms in total. The van der Waals surface area contributed by atoms with Crippen molar-refractivity contribution in [3.63, 3.8) is 0 Å². The predicted molar refractivity (Wildman–Crippen MR) is 109 cm³/mol. The van der Waals surface area contributed by atoms with Gasteiger partial charge >= 0.3 is 6.18 Å². The maximum absolute atomic E-state index is 13.0. The molecule has 0 spiro atoms. The summed E-state index contributed by atoms with van der Waals surface area (Å²) in [5, 5.41) is 9.76. The minimum Gasteiger partial charge on any atom is -0.376 e. The number of aliphatic hydroxyl groups is 1. The molecule has 1 heterocycles. The highest BCUT2D eigenvalue weighted by Gasteiger charge is 2.51. The Balaban J connectivity index is 1.69. The highest BCUT2D eigenvalue weighted by molar-refractivity contribution is 7.96. The Bertz CT molecular complexity index is 944. The Hall–Kier alpha value is -1.75. The van der Waals surface area contributed by atoms with Crippen LogP contribution < -0.4 is 4.90 Å². The van der Waals surface area contributed by atoms with Crippen LogP contribution in [0.15, 0.2) is 47.4 Å². The number of nitrogens with zero attached hydrogens (tertiary/aromatic N) is 2. The number of hydrogen-bond donors (Lipinski definition) is 1. The standard InChI is InChI=1S/C19H21F3N2O3S2/c1-18(25,19(20,21)22)14-6-8-15(9-7-14)23-10-12-24(13-11-23)29(26,27)17-5-3-2-4-16(17)28/h2-3,5-9,25H,4,10-13H2,1H3/t18-/m0/s1. The SMILES string of the molecule is C[C@](O)(c1ccc(N2CCN(S(=O)(=O)C3=CC=CCC3=S)CC2)cc1)C(F)(F)F. The van der Waals surface area contributed by atoms with Gasteiger partial charge in [-0.3, -0.25) is 0 Å². The van der Waals surface area contributed by atoms with Gasteiger partial charge in [0.2, 0.25) is 10.0 Å². The number of benzene rings is 1. The van der Waals surface area contributed by atoms with Crippen molar-refractivity contribution in [2.45, 2.75) is 25.1 Å². The molecule has 0 aromatic heterocycles. The normalized spacial score (nSPS) is 21.1. The summed E-state index contributed by atoms with van der Waals surface area (Å²) < 4.78 is 65.9. The molecule has 0 radical (unpaired) electrons. The minimum atomic E-state index is -4.78. The molecule has 10 heteroatoms. The van der Waals surface area contributed by atoms with Crippen molar-refractivity contribution in [2.75, 3.05) is 31.1 Å². The molecule has 1 aliphatic carbocycles. The number of allylic oxidation sites excluding steroid dienone is 4. The molecule has 1 aromatic carbocycles. The topological polar surface area (TPSA) is 60.9 Å². The first kappa shape index (κ1) is 21.9. The molecular weight excluding hydrogens is 425 g/mol. The fourth-order valence-corrected chi connectivity index (χ4v) is 5.26. The summed E-state index contributed by atoms with van der Waals surface area (Å²) >= 11 is 5.18. The Kier molecular flexibility index (Phi) is 5.92. The smallest absolute Gasteiger partial charge is 0.376 e. The molecule has 3 rings (SSSR count). The summed E-state index contributed by atoms with van der Waals surface area (Å²) in [6.45, 7) is 1.99. The number of sulfonamides is 1. The van der Waals surface area contributed by atoms with Gasteiger partial charge in [0.1, 0.15) is 0 Å². The summed E-state index contributed by atoms with van der Waals surface area (Å²) in [5.41, 5.74) is -2.52. The second-order valence-electron chi connectivity index (χ2n) is 7.09. The van der Waals surface area contributed by atoms with E-state index in [1.807, 2.05) is 4.90 Å². The van der Waals surface area contributed by atoms with E-state index < -0.39 is 21.8 Å². The Morgan fingerprint density at radius 1 is 1.07 bits per heavy atom. The summed E-state index contributed by atoms with van der Waals surface area (Å²) in [4.78, 5) is 2.44. The zero-order valence-corrected chi connectivity index (χ0v) is 17.3. The number of alkyl halides is 3. The Labute approximate surface area is 173 Å². The van der Waals surface area contributed by atoms with Crippen LogP contribution in [-0.4, -0.2) is 55.0 Å². The molecule has 0 amide bonds. The monoisotopic (exact) mass is 446 g/mol. The largest absolute Gasteiger partial charge is 0.421 e. The van der Waals surface area contributed by atoms with Gasteiger partial charge in [0.15, 0.2) is 5.60 Å². The zero-order valence-electron chi connectivity index (χ0n) is 15.7. The van der Waals surface area contributed by atoms with Crippen molar-refractivity contribution < 1.29 is 26.7 Å². The maximum atomic E-state index is 13.0. The van der Waals surface area contributed by atoms with E-state index in [9.17, 15) is 26.7 Å². The molecule has 0 unspecified atom stereocenters. The van der Waals surface area contributed by atoms with E-state index in [4.69, 9.17) is 12.2 Å². The molecule has 1 saturated heterocycles. The summed E-state index contributed by atoms with van der Waals surface area (Å²) in [6.07, 6.45) is 0.640. The van der Waals surface area contributed by atoms with E-state index in [0.29, 0.717) is 37.0 Å². The van der Waals surface area contributed by atoms with Crippen LogP contribution in [0.25, 0.3) is 0 Å². The average Bonchev–Trinajstić information content (AvgIpc) is 2.67. The van der Waals surface area contributed by atoms with Crippen LogP contribution in [0, 0.1) is 0 Å². The fraction of sp³-hybridized carbons (Fsp3) is 0.421. The molecule has 1 aliphatic heterocycles. The third-order valence-corrected chi connectivity index (χ3v) is 7.66. The van der Waals surface area contributed by atoms with E-state index in [-0.39, 0.29) is 23.6 Å². The molecular formula is C19H21F3N2O3S2. The maximum Gasteiger partial charge on any atom is 0.421 e. The molecule has 1 atom stereocenters. The number of hydrogen-bond acceptors (Lipinski definition) is 5.